The first-order chi connectivity index (χ1) is 17.6. The predicted molar refractivity (Wildman–Crippen MR) is 150 cm³/mol. The van der Waals surface area contributed by atoms with E-state index >= 15 is 0 Å². The Bertz CT molecular complexity index is 1370. The second-order valence-electron chi connectivity index (χ2n) is 9.92. The number of aromatic nitrogens is 4. The summed E-state index contributed by atoms with van der Waals surface area (Å²) in [6.07, 6.45) is 2.37. The molecule has 4 rings (SSSR count). The molecule has 194 valence electrons. The molecule has 0 aliphatic carbocycles. The Labute approximate surface area is 226 Å². The zero-order chi connectivity index (χ0) is 26.6. The first kappa shape index (κ1) is 27.1. The molecule has 1 unspecified atom stereocenters. The van der Waals surface area contributed by atoms with Crippen LogP contribution >= 0.6 is 22.9 Å². The Kier molecular flexibility index (Phi) is 8.55. The summed E-state index contributed by atoms with van der Waals surface area (Å²) in [5, 5.41) is 19.3. The largest absolute Gasteiger partial charge is 0.384 e. The van der Waals surface area contributed by atoms with Crippen molar-refractivity contribution in [1.29, 1.82) is 0 Å². The third kappa shape index (κ3) is 7.33. The molecule has 1 aromatic carbocycles. The fourth-order valence-electron chi connectivity index (χ4n) is 3.58. The number of rotatable bonds is 10. The molecule has 0 aliphatic rings. The fraction of sp³-hybridized carbons (Fsp3) is 0.308. The van der Waals surface area contributed by atoms with Crippen LogP contribution in [0, 0.1) is 0 Å². The van der Waals surface area contributed by atoms with Gasteiger partial charge in [0.05, 0.1) is 4.88 Å². The van der Waals surface area contributed by atoms with Crippen LogP contribution in [-0.2, 0) is 16.3 Å². The number of benzene rings is 1. The molecular formula is C26H30ClN5O3SSi. The number of carbonyl (C=O) groups excluding carboxylic acids is 1. The van der Waals surface area contributed by atoms with Gasteiger partial charge in [0.25, 0.3) is 0 Å². The maximum atomic E-state index is 11.5. The van der Waals surface area contributed by atoms with Gasteiger partial charge in [-0.3, -0.25) is 4.79 Å². The van der Waals surface area contributed by atoms with E-state index in [-0.39, 0.29) is 5.91 Å². The van der Waals surface area contributed by atoms with Gasteiger partial charge in [0.2, 0.25) is 5.91 Å². The number of nitrogens with one attached hydrogen (secondary N) is 1. The molecule has 11 heteroatoms. The van der Waals surface area contributed by atoms with E-state index in [1.807, 2.05) is 12.1 Å². The number of aliphatic hydroxyl groups is 1. The summed E-state index contributed by atoms with van der Waals surface area (Å²) in [6, 6.07) is 13.8. The van der Waals surface area contributed by atoms with Crippen LogP contribution < -0.4 is 5.32 Å². The second kappa shape index (κ2) is 11.7. The van der Waals surface area contributed by atoms with E-state index in [4.69, 9.17) is 16.3 Å². The number of hydrogen-bond donors (Lipinski definition) is 2. The Morgan fingerprint density at radius 1 is 1.19 bits per heavy atom. The lowest BCUT2D eigenvalue weighted by Crippen LogP contribution is -2.22. The molecule has 37 heavy (non-hydrogen) atoms. The van der Waals surface area contributed by atoms with Crippen LogP contribution in [0.15, 0.2) is 55.0 Å². The summed E-state index contributed by atoms with van der Waals surface area (Å²) in [5.74, 6) is 0.763. The minimum Gasteiger partial charge on any atom is -0.384 e. The number of anilines is 1. The number of carbonyl (C=O) groups is 1. The number of aliphatic hydroxyl groups excluding tert-OH is 1. The normalized spacial score (nSPS) is 12.5. The molecule has 0 saturated heterocycles. The maximum Gasteiger partial charge on any atom is 0.222 e. The van der Waals surface area contributed by atoms with Crippen LogP contribution in [0.4, 0.5) is 5.82 Å². The van der Waals surface area contributed by atoms with Crippen molar-refractivity contribution in [2.75, 3.05) is 11.9 Å². The Morgan fingerprint density at radius 3 is 2.65 bits per heavy atom. The van der Waals surface area contributed by atoms with Crippen LogP contribution in [0.25, 0.3) is 21.1 Å². The number of ether oxygens (including phenoxy) is 1. The van der Waals surface area contributed by atoms with Gasteiger partial charge in [-0.15, -0.1) is 16.4 Å². The molecule has 3 aromatic heterocycles. The van der Waals surface area contributed by atoms with Crippen molar-refractivity contribution in [2.45, 2.75) is 45.4 Å². The van der Waals surface area contributed by atoms with E-state index in [2.05, 4.69) is 40.0 Å². The highest BCUT2D eigenvalue weighted by atomic mass is 35.5. The van der Waals surface area contributed by atoms with Crippen molar-refractivity contribution in [1.82, 2.24) is 19.7 Å². The van der Waals surface area contributed by atoms with Gasteiger partial charge in [-0.2, -0.15) is 0 Å². The first-order valence-electron chi connectivity index (χ1n) is 11.9. The van der Waals surface area contributed by atoms with E-state index in [0.717, 1.165) is 21.4 Å². The van der Waals surface area contributed by atoms with Gasteiger partial charge in [0.15, 0.2) is 5.82 Å². The highest BCUT2D eigenvalue weighted by Gasteiger charge is 2.23. The summed E-state index contributed by atoms with van der Waals surface area (Å²) in [7, 11) is -1.17. The molecular weight excluding hydrogens is 526 g/mol. The minimum atomic E-state index is -1.17. The average Bonchev–Trinajstić information content (AvgIpc) is 3.48. The van der Waals surface area contributed by atoms with Crippen LogP contribution in [0.2, 0.25) is 30.7 Å². The molecule has 3 heterocycles. The number of pyridine rings is 1. The van der Waals surface area contributed by atoms with Gasteiger partial charge in [-0.1, -0.05) is 43.4 Å². The maximum absolute atomic E-state index is 11.5. The summed E-state index contributed by atoms with van der Waals surface area (Å²) < 4.78 is 7.48. The van der Waals surface area contributed by atoms with Crippen molar-refractivity contribution in [3.05, 3.63) is 71.1 Å². The molecule has 0 radical (unpaired) electrons. The molecule has 8 nitrogen and oxygen atoms in total. The molecule has 1 atom stereocenters. The topological polar surface area (TPSA) is 102 Å². The van der Waals surface area contributed by atoms with E-state index in [1.165, 1.54) is 18.3 Å². The molecule has 0 spiro atoms. The summed E-state index contributed by atoms with van der Waals surface area (Å²) in [6.45, 7) is 9.38. The minimum absolute atomic E-state index is 0.197. The molecule has 4 aromatic rings. The Balaban J connectivity index is 1.66. The van der Waals surface area contributed by atoms with Gasteiger partial charge in [-0.25, -0.2) is 14.6 Å². The number of hydrogen-bond acceptors (Lipinski definition) is 7. The third-order valence-corrected chi connectivity index (χ3v) is 8.70. The van der Waals surface area contributed by atoms with E-state index < -0.39 is 14.2 Å². The SMILES string of the molecule is CC(=O)Nc1cc(-c2cc(C(O)c3ccc(Cl)cc3)c(-c3ncn(COCC[Si](C)(C)C)n3)s2)ccn1. The van der Waals surface area contributed by atoms with Crippen molar-refractivity contribution in [2.24, 2.45) is 0 Å². The molecule has 2 N–H and O–H groups in total. The Morgan fingerprint density at radius 2 is 1.95 bits per heavy atom. The van der Waals surface area contributed by atoms with Crippen LogP contribution in [0.5, 0.6) is 0 Å². The van der Waals surface area contributed by atoms with Gasteiger partial charge in [0, 0.05) is 43.3 Å². The van der Waals surface area contributed by atoms with E-state index in [1.54, 1.807) is 47.5 Å². The Hall–Kier alpha value is -2.89. The highest BCUT2D eigenvalue weighted by Crippen LogP contribution is 2.41. The molecule has 1 amide bonds. The predicted octanol–water partition coefficient (Wildman–Crippen LogP) is 6.07. The van der Waals surface area contributed by atoms with Gasteiger partial charge in [0.1, 0.15) is 25.0 Å². The lowest BCUT2D eigenvalue weighted by molar-refractivity contribution is -0.114. The third-order valence-electron chi connectivity index (χ3n) is 5.55. The monoisotopic (exact) mass is 555 g/mol. The van der Waals surface area contributed by atoms with Gasteiger partial charge >= 0.3 is 0 Å². The lowest BCUT2D eigenvalue weighted by atomic mass is 10.0. The first-order valence-corrected chi connectivity index (χ1v) is 16.8. The number of thiophene rings is 1. The summed E-state index contributed by atoms with van der Waals surface area (Å²) in [4.78, 5) is 21.9. The van der Waals surface area contributed by atoms with Crippen molar-refractivity contribution >= 4 is 42.7 Å². The summed E-state index contributed by atoms with van der Waals surface area (Å²) >= 11 is 7.52. The van der Waals surface area contributed by atoms with Crippen molar-refractivity contribution in [3.8, 4) is 21.1 Å². The van der Waals surface area contributed by atoms with E-state index in [9.17, 15) is 9.90 Å². The smallest absolute Gasteiger partial charge is 0.222 e. The number of halogens is 1. The number of amides is 1. The van der Waals surface area contributed by atoms with E-state index in [0.29, 0.717) is 41.1 Å². The number of nitrogens with zero attached hydrogens (tertiary/aromatic N) is 4. The van der Waals surface area contributed by atoms with Crippen LogP contribution in [0.3, 0.4) is 0 Å². The van der Waals surface area contributed by atoms with Crippen molar-refractivity contribution < 1.29 is 14.6 Å². The quantitative estimate of drug-likeness (QED) is 0.182. The van der Waals surface area contributed by atoms with Crippen molar-refractivity contribution in [3.63, 3.8) is 0 Å². The highest BCUT2D eigenvalue weighted by molar-refractivity contribution is 7.19. The second-order valence-corrected chi connectivity index (χ2v) is 17.0. The lowest BCUT2D eigenvalue weighted by Gasteiger charge is -2.15. The zero-order valence-electron chi connectivity index (χ0n) is 21.2. The molecule has 0 fully saturated rings. The average molecular weight is 556 g/mol. The van der Waals surface area contributed by atoms with Gasteiger partial charge in [-0.05, 0) is 47.5 Å². The molecule has 0 aliphatic heterocycles. The zero-order valence-corrected chi connectivity index (χ0v) is 23.8. The fourth-order valence-corrected chi connectivity index (χ4v) is 5.59. The standard InChI is InChI=1S/C26H30ClN5O3SSi/c1-17(33)30-23-13-19(9-10-28-23)22-14-21(24(34)18-5-7-20(27)8-6-18)25(36-22)26-29-15-32(31-26)16-35-11-12-37(2,3)4/h5-10,13-15,24,34H,11-12,16H2,1-4H3,(H,28,30,33). The molecule has 0 saturated carbocycles. The van der Waals surface area contributed by atoms with Gasteiger partial charge < -0.3 is 15.2 Å². The molecule has 0 bridgehead atoms. The van der Waals surface area contributed by atoms with Crippen LogP contribution in [0.1, 0.15) is 24.2 Å². The van der Waals surface area contributed by atoms with Crippen LogP contribution in [-0.4, -0.2) is 45.4 Å². The summed E-state index contributed by atoms with van der Waals surface area (Å²) in [5.41, 5.74) is 2.24.